The summed E-state index contributed by atoms with van der Waals surface area (Å²) in [5.41, 5.74) is 2.22. The summed E-state index contributed by atoms with van der Waals surface area (Å²) in [5, 5.41) is 4.23. The van der Waals surface area contributed by atoms with E-state index in [1.54, 1.807) is 16.6 Å². The topological polar surface area (TPSA) is 64.4 Å². The SMILES string of the molecule is COC(=O)CCCN(C)C(=O)c1c(C)nn(C)c1C. The van der Waals surface area contributed by atoms with Gasteiger partial charge in [-0.15, -0.1) is 0 Å². The van der Waals surface area contributed by atoms with Crippen molar-refractivity contribution in [3.05, 3.63) is 17.0 Å². The Labute approximate surface area is 113 Å². The summed E-state index contributed by atoms with van der Waals surface area (Å²) in [5.74, 6) is -0.317. The number of carbonyl (C=O) groups is 2. The monoisotopic (exact) mass is 267 g/mol. The van der Waals surface area contributed by atoms with Crippen molar-refractivity contribution in [3.8, 4) is 0 Å². The predicted molar refractivity (Wildman–Crippen MR) is 70.9 cm³/mol. The van der Waals surface area contributed by atoms with Crippen LogP contribution in [0.5, 0.6) is 0 Å². The first-order valence-electron chi connectivity index (χ1n) is 6.21. The minimum atomic E-state index is -0.255. The zero-order valence-corrected chi connectivity index (χ0v) is 12.2. The quantitative estimate of drug-likeness (QED) is 0.748. The Kier molecular flexibility index (Phi) is 5.09. The van der Waals surface area contributed by atoms with Gasteiger partial charge in [0.2, 0.25) is 0 Å². The molecule has 0 aliphatic heterocycles. The highest BCUT2D eigenvalue weighted by atomic mass is 16.5. The van der Waals surface area contributed by atoms with Crippen LogP contribution >= 0.6 is 0 Å². The number of ether oxygens (including phenoxy) is 1. The summed E-state index contributed by atoms with van der Waals surface area (Å²) in [7, 11) is 4.90. The van der Waals surface area contributed by atoms with Gasteiger partial charge in [-0.1, -0.05) is 0 Å². The van der Waals surface area contributed by atoms with Crippen LogP contribution in [0.25, 0.3) is 0 Å². The first kappa shape index (κ1) is 15.2. The standard InChI is InChI=1S/C13H21N3O3/c1-9-12(10(2)16(4)14-9)13(18)15(3)8-6-7-11(17)19-5/h6-8H2,1-5H3. The summed E-state index contributed by atoms with van der Waals surface area (Å²) in [6, 6.07) is 0. The molecule has 0 unspecified atom stereocenters. The molecule has 0 bridgehead atoms. The van der Waals surface area contributed by atoms with Gasteiger partial charge in [0.1, 0.15) is 0 Å². The smallest absolute Gasteiger partial charge is 0.305 e. The lowest BCUT2D eigenvalue weighted by Crippen LogP contribution is -2.29. The van der Waals surface area contributed by atoms with E-state index in [9.17, 15) is 9.59 Å². The van der Waals surface area contributed by atoms with Crippen molar-refractivity contribution >= 4 is 11.9 Å². The van der Waals surface area contributed by atoms with Crippen molar-refractivity contribution in [2.45, 2.75) is 26.7 Å². The summed E-state index contributed by atoms with van der Waals surface area (Å²) < 4.78 is 6.26. The summed E-state index contributed by atoms with van der Waals surface area (Å²) in [6.45, 7) is 4.21. The third-order valence-electron chi connectivity index (χ3n) is 3.17. The van der Waals surface area contributed by atoms with Crippen molar-refractivity contribution in [1.82, 2.24) is 14.7 Å². The summed E-state index contributed by atoms with van der Waals surface area (Å²) in [6.07, 6.45) is 0.909. The van der Waals surface area contributed by atoms with Crippen LogP contribution in [-0.2, 0) is 16.6 Å². The number of nitrogens with zero attached hydrogens (tertiary/aromatic N) is 3. The van der Waals surface area contributed by atoms with Crippen LogP contribution in [0.2, 0.25) is 0 Å². The lowest BCUT2D eigenvalue weighted by atomic mass is 10.1. The van der Waals surface area contributed by atoms with Crippen LogP contribution in [0.4, 0.5) is 0 Å². The van der Waals surface area contributed by atoms with Crippen molar-refractivity contribution in [1.29, 1.82) is 0 Å². The third kappa shape index (κ3) is 3.56. The second kappa shape index (κ2) is 6.36. The van der Waals surface area contributed by atoms with E-state index in [0.29, 0.717) is 24.9 Å². The van der Waals surface area contributed by atoms with Crippen LogP contribution in [0.3, 0.4) is 0 Å². The Morgan fingerprint density at radius 2 is 2.00 bits per heavy atom. The minimum Gasteiger partial charge on any atom is -0.469 e. The van der Waals surface area contributed by atoms with Gasteiger partial charge in [-0.25, -0.2) is 0 Å². The molecule has 0 radical (unpaired) electrons. The second-order valence-electron chi connectivity index (χ2n) is 4.58. The Balaban J connectivity index is 2.64. The third-order valence-corrected chi connectivity index (χ3v) is 3.17. The lowest BCUT2D eigenvalue weighted by molar-refractivity contribution is -0.140. The van der Waals surface area contributed by atoms with Gasteiger partial charge in [0.25, 0.3) is 5.91 Å². The number of rotatable bonds is 5. The second-order valence-corrected chi connectivity index (χ2v) is 4.58. The van der Waals surface area contributed by atoms with Crippen LogP contribution < -0.4 is 0 Å². The molecule has 0 saturated heterocycles. The van der Waals surface area contributed by atoms with Crippen molar-refractivity contribution in [2.75, 3.05) is 20.7 Å². The van der Waals surface area contributed by atoms with Crippen LogP contribution in [0, 0.1) is 13.8 Å². The fraction of sp³-hybridized carbons (Fsp3) is 0.615. The predicted octanol–water partition coefficient (Wildman–Crippen LogP) is 1.06. The van der Waals surface area contributed by atoms with Gasteiger partial charge >= 0.3 is 5.97 Å². The highest BCUT2D eigenvalue weighted by molar-refractivity contribution is 5.96. The van der Waals surface area contributed by atoms with Crippen LogP contribution in [0.15, 0.2) is 0 Å². The average Bonchev–Trinajstić information content (AvgIpc) is 2.62. The molecule has 1 amide bonds. The molecule has 0 aliphatic carbocycles. The molecule has 6 heteroatoms. The van der Waals surface area contributed by atoms with E-state index >= 15 is 0 Å². The first-order valence-corrected chi connectivity index (χ1v) is 6.21. The minimum absolute atomic E-state index is 0.0621. The molecule has 0 atom stereocenters. The Hall–Kier alpha value is -1.85. The molecule has 0 saturated carbocycles. The molecule has 1 rings (SSSR count). The normalized spacial score (nSPS) is 10.4. The molecule has 1 aromatic heterocycles. The Morgan fingerprint density at radius 3 is 2.47 bits per heavy atom. The Morgan fingerprint density at radius 1 is 1.37 bits per heavy atom. The number of aryl methyl sites for hydroxylation is 2. The fourth-order valence-electron chi connectivity index (χ4n) is 1.94. The van der Waals surface area contributed by atoms with Crippen LogP contribution in [-0.4, -0.2) is 47.3 Å². The zero-order valence-electron chi connectivity index (χ0n) is 12.2. The average molecular weight is 267 g/mol. The Bertz CT molecular complexity index is 480. The van der Waals surface area contributed by atoms with Crippen molar-refractivity contribution < 1.29 is 14.3 Å². The van der Waals surface area contributed by atoms with Gasteiger partial charge in [-0.2, -0.15) is 5.10 Å². The molecule has 1 heterocycles. The molecular formula is C13H21N3O3. The largest absolute Gasteiger partial charge is 0.469 e. The molecule has 0 aliphatic rings. The molecule has 0 fully saturated rings. The van der Waals surface area contributed by atoms with E-state index in [1.807, 2.05) is 20.9 Å². The number of aromatic nitrogens is 2. The van der Waals surface area contributed by atoms with E-state index < -0.39 is 0 Å². The number of hydrogen-bond acceptors (Lipinski definition) is 4. The number of carbonyl (C=O) groups excluding carboxylic acids is 2. The summed E-state index contributed by atoms with van der Waals surface area (Å²) in [4.78, 5) is 24.9. The maximum atomic E-state index is 12.3. The number of methoxy groups -OCH3 is 1. The van der Waals surface area contributed by atoms with Gasteiger partial charge in [0.05, 0.1) is 18.4 Å². The van der Waals surface area contributed by atoms with Gasteiger partial charge in [0.15, 0.2) is 0 Å². The van der Waals surface area contributed by atoms with Gasteiger partial charge in [-0.05, 0) is 20.3 Å². The van der Waals surface area contributed by atoms with E-state index in [1.165, 1.54) is 7.11 Å². The molecule has 0 N–H and O–H groups in total. The highest BCUT2D eigenvalue weighted by Crippen LogP contribution is 2.14. The highest BCUT2D eigenvalue weighted by Gasteiger charge is 2.20. The number of hydrogen-bond donors (Lipinski definition) is 0. The van der Waals surface area contributed by atoms with Crippen molar-refractivity contribution in [2.24, 2.45) is 7.05 Å². The molecule has 0 aromatic carbocycles. The number of esters is 1. The zero-order chi connectivity index (χ0) is 14.6. The van der Waals surface area contributed by atoms with Crippen LogP contribution in [0.1, 0.15) is 34.6 Å². The van der Waals surface area contributed by atoms with E-state index in [-0.39, 0.29) is 11.9 Å². The summed E-state index contributed by atoms with van der Waals surface area (Å²) >= 11 is 0. The van der Waals surface area contributed by atoms with E-state index in [2.05, 4.69) is 9.84 Å². The number of amides is 1. The molecule has 6 nitrogen and oxygen atoms in total. The maximum Gasteiger partial charge on any atom is 0.305 e. The molecule has 106 valence electrons. The molecule has 1 aromatic rings. The first-order chi connectivity index (χ1) is 8.88. The maximum absolute atomic E-state index is 12.3. The van der Waals surface area contributed by atoms with E-state index in [4.69, 9.17) is 0 Å². The van der Waals surface area contributed by atoms with Crippen molar-refractivity contribution in [3.63, 3.8) is 0 Å². The molecule has 0 spiro atoms. The van der Waals surface area contributed by atoms with E-state index in [0.717, 1.165) is 11.4 Å². The molecular weight excluding hydrogens is 246 g/mol. The van der Waals surface area contributed by atoms with Gasteiger partial charge in [-0.3, -0.25) is 14.3 Å². The van der Waals surface area contributed by atoms with Gasteiger partial charge < -0.3 is 9.64 Å². The fourth-order valence-corrected chi connectivity index (χ4v) is 1.94. The van der Waals surface area contributed by atoms with Gasteiger partial charge in [0, 0.05) is 32.8 Å². The lowest BCUT2D eigenvalue weighted by Gasteiger charge is -2.17. The molecule has 19 heavy (non-hydrogen) atoms.